The van der Waals surface area contributed by atoms with Crippen LogP contribution in [0.25, 0.3) is 10.6 Å². The van der Waals surface area contributed by atoms with Gasteiger partial charge in [0.15, 0.2) is 0 Å². The number of nitrogens with zero attached hydrogens (tertiary/aromatic N) is 2. The fourth-order valence-corrected chi connectivity index (χ4v) is 4.26. The van der Waals surface area contributed by atoms with Crippen molar-refractivity contribution in [2.24, 2.45) is 0 Å². The molecule has 1 aliphatic heterocycles. The van der Waals surface area contributed by atoms with Gasteiger partial charge in [-0.2, -0.15) is 0 Å². The maximum absolute atomic E-state index is 5.97. The molecule has 1 saturated heterocycles. The molecular formula is C22H24N2O3S. The number of methoxy groups -OCH3 is 2. The summed E-state index contributed by atoms with van der Waals surface area (Å²) in [7, 11) is 3.32. The number of rotatable bonds is 6. The Bertz CT molecular complexity index is 913. The molecule has 2 heterocycles. The molecule has 0 spiro atoms. The second-order valence-corrected chi connectivity index (χ2v) is 7.57. The molecular weight excluding hydrogens is 372 g/mol. The lowest BCUT2D eigenvalue weighted by Gasteiger charge is -2.32. The standard InChI is InChI=1S/C22H24N2O3S/c1-25-18-8-9-19(20(12-18)26-2)22-23-17(15-28-22)13-24-10-11-27-21(14-24)16-6-4-3-5-7-16/h3-9,12,15,21H,10-11,13-14H2,1-2H3. The van der Waals surface area contributed by atoms with Crippen molar-refractivity contribution in [3.8, 4) is 22.1 Å². The van der Waals surface area contributed by atoms with E-state index in [4.69, 9.17) is 19.2 Å². The Morgan fingerprint density at radius 2 is 2.00 bits per heavy atom. The van der Waals surface area contributed by atoms with Gasteiger partial charge in [0.25, 0.3) is 0 Å². The molecule has 6 heteroatoms. The van der Waals surface area contributed by atoms with Crippen molar-refractivity contribution in [2.75, 3.05) is 33.9 Å². The summed E-state index contributed by atoms with van der Waals surface area (Å²) in [5, 5.41) is 3.09. The Balaban J connectivity index is 1.46. The van der Waals surface area contributed by atoms with Crippen LogP contribution in [0.1, 0.15) is 17.4 Å². The highest BCUT2D eigenvalue weighted by molar-refractivity contribution is 7.13. The fourth-order valence-electron chi connectivity index (χ4n) is 3.42. The van der Waals surface area contributed by atoms with Crippen LogP contribution >= 0.6 is 11.3 Å². The summed E-state index contributed by atoms with van der Waals surface area (Å²) in [6, 6.07) is 16.2. The van der Waals surface area contributed by atoms with Crippen LogP contribution in [-0.2, 0) is 11.3 Å². The molecule has 1 unspecified atom stereocenters. The summed E-state index contributed by atoms with van der Waals surface area (Å²) >= 11 is 1.64. The summed E-state index contributed by atoms with van der Waals surface area (Å²) in [6.45, 7) is 3.36. The molecule has 0 aliphatic carbocycles. The van der Waals surface area contributed by atoms with Crippen molar-refractivity contribution in [1.82, 2.24) is 9.88 Å². The van der Waals surface area contributed by atoms with Gasteiger partial charge >= 0.3 is 0 Å². The highest BCUT2D eigenvalue weighted by atomic mass is 32.1. The smallest absolute Gasteiger partial charge is 0.132 e. The predicted octanol–water partition coefficient (Wildman–Crippen LogP) is 4.40. The first-order valence-corrected chi connectivity index (χ1v) is 10.2. The molecule has 3 aromatic rings. The van der Waals surface area contributed by atoms with Gasteiger partial charge in [0.05, 0.1) is 38.2 Å². The number of aromatic nitrogens is 1. The third kappa shape index (κ3) is 4.19. The normalized spacial score (nSPS) is 17.4. The lowest BCUT2D eigenvalue weighted by atomic mass is 10.1. The number of thiazole rings is 1. The van der Waals surface area contributed by atoms with Crippen LogP contribution in [0.5, 0.6) is 11.5 Å². The van der Waals surface area contributed by atoms with Crippen LogP contribution in [0.3, 0.4) is 0 Å². The third-order valence-corrected chi connectivity index (χ3v) is 5.82. The molecule has 1 aromatic heterocycles. The largest absolute Gasteiger partial charge is 0.497 e. The van der Waals surface area contributed by atoms with Gasteiger partial charge in [0.2, 0.25) is 0 Å². The van der Waals surface area contributed by atoms with E-state index in [1.807, 2.05) is 24.3 Å². The molecule has 0 amide bonds. The minimum atomic E-state index is 0.120. The maximum atomic E-state index is 5.97. The molecule has 2 aromatic carbocycles. The third-order valence-electron chi connectivity index (χ3n) is 4.90. The lowest BCUT2D eigenvalue weighted by Crippen LogP contribution is -2.37. The number of hydrogen-bond donors (Lipinski definition) is 0. The van der Waals surface area contributed by atoms with E-state index >= 15 is 0 Å². The van der Waals surface area contributed by atoms with Crippen LogP contribution in [0.4, 0.5) is 0 Å². The summed E-state index contributed by atoms with van der Waals surface area (Å²) in [5.74, 6) is 1.55. The van der Waals surface area contributed by atoms with E-state index in [0.29, 0.717) is 0 Å². The van der Waals surface area contributed by atoms with Crippen LogP contribution < -0.4 is 9.47 Å². The Hall–Kier alpha value is -2.41. The van der Waals surface area contributed by atoms with Gasteiger partial charge in [-0.1, -0.05) is 30.3 Å². The molecule has 146 valence electrons. The monoisotopic (exact) mass is 396 g/mol. The highest BCUT2D eigenvalue weighted by Crippen LogP contribution is 2.35. The van der Waals surface area contributed by atoms with Gasteiger partial charge in [0.1, 0.15) is 16.5 Å². The van der Waals surface area contributed by atoms with E-state index in [9.17, 15) is 0 Å². The molecule has 28 heavy (non-hydrogen) atoms. The number of ether oxygens (including phenoxy) is 3. The van der Waals surface area contributed by atoms with E-state index < -0.39 is 0 Å². The van der Waals surface area contributed by atoms with E-state index in [1.165, 1.54) is 5.56 Å². The summed E-state index contributed by atoms with van der Waals surface area (Å²) in [6.07, 6.45) is 0.120. The number of hydrogen-bond acceptors (Lipinski definition) is 6. The van der Waals surface area contributed by atoms with E-state index in [2.05, 4.69) is 34.5 Å². The lowest BCUT2D eigenvalue weighted by molar-refractivity contribution is -0.0332. The van der Waals surface area contributed by atoms with E-state index in [0.717, 1.165) is 54.0 Å². The Morgan fingerprint density at radius 1 is 1.14 bits per heavy atom. The van der Waals surface area contributed by atoms with Crippen molar-refractivity contribution < 1.29 is 14.2 Å². The number of morpholine rings is 1. The Morgan fingerprint density at radius 3 is 2.79 bits per heavy atom. The van der Waals surface area contributed by atoms with Gasteiger partial charge in [-0.25, -0.2) is 4.98 Å². The molecule has 4 rings (SSSR count). The van der Waals surface area contributed by atoms with Crippen LogP contribution in [0, 0.1) is 0 Å². The zero-order valence-corrected chi connectivity index (χ0v) is 16.9. The van der Waals surface area contributed by atoms with Crippen molar-refractivity contribution in [3.05, 3.63) is 65.2 Å². The van der Waals surface area contributed by atoms with Gasteiger partial charge < -0.3 is 14.2 Å². The molecule has 0 radical (unpaired) electrons. The summed E-state index contributed by atoms with van der Waals surface area (Å²) in [4.78, 5) is 7.26. The minimum absolute atomic E-state index is 0.120. The van der Waals surface area contributed by atoms with E-state index in [1.54, 1.807) is 25.6 Å². The summed E-state index contributed by atoms with van der Waals surface area (Å²) < 4.78 is 16.8. The van der Waals surface area contributed by atoms with Crippen molar-refractivity contribution >= 4 is 11.3 Å². The average molecular weight is 397 g/mol. The SMILES string of the molecule is COc1ccc(-c2nc(CN3CCOC(c4ccccc4)C3)cs2)c(OC)c1. The second kappa shape index (κ2) is 8.73. The topological polar surface area (TPSA) is 43.8 Å². The van der Waals surface area contributed by atoms with Gasteiger partial charge in [0, 0.05) is 31.1 Å². The van der Waals surface area contributed by atoms with Gasteiger partial charge in [-0.05, 0) is 17.7 Å². The van der Waals surface area contributed by atoms with Crippen molar-refractivity contribution in [2.45, 2.75) is 12.6 Å². The molecule has 0 N–H and O–H groups in total. The number of benzene rings is 2. The first-order chi connectivity index (χ1) is 13.8. The maximum Gasteiger partial charge on any atom is 0.132 e. The molecule has 1 atom stereocenters. The van der Waals surface area contributed by atoms with Crippen LogP contribution in [0.15, 0.2) is 53.9 Å². The zero-order valence-electron chi connectivity index (χ0n) is 16.1. The first kappa shape index (κ1) is 18.9. The molecule has 0 saturated carbocycles. The highest BCUT2D eigenvalue weighted by Gasteiger charge is 2.22. The first-order valence-electron chi connectivity index (χ1n) is 9.32. The predicted molar refractivity (Wildman–Crippen MR) is 111 cm³/mol. The van der Waals surface area contributed by atoms with Crippen LogP contribution in [0.2, 0.25) is 0 Å². The zero-order chi connectivity index (χ0) is 19.3. The van der Waals surface area contributed by atoms with Gasteiger partial charge in [-0.15, -0.1) is 11.3 Å². The van der Waals surface area contributed by atoms with Gasteiger partial charge in [-0.3, -0.25) is 4.90 Å². The molecule has 1 fully saturated rings. The second-order valence-electron chi connectivity index (χ2n) is 6.72. The Kier molecular flexibility index (Phi) is 5.90. The summed E-state index contributed by atoms with van der Waals surface area (Å²) in [5.41, 5.74) is 3.30. The Labute approximate surface area is 169 Å². The molecule has 0 bridgehead atoms. The van der Waals surface area contributed by atoms with Crippen molar-refractivity contribution in [1.29, 1.82) is 0 Å². The molecule has 5 nitrogen and oxygen atoms in total. The molecule has 1 aliphatic rings. The minimum Gasteiger partial charge on any atom is -0.497 e. The van der Waals surface area contributed by atoms with Crippen LogP contribution in [-0.4, -0.2) is 43.8 Å². The average Bonchev–Trinajstić information content (AvgIpc) is 3.22. The van der Waals surface area contributed by atoms with Crippen molar-refractivity contribution in [3.63, 3.8) is 0 Å². The quantitative estimate of drug-likeness (QED) is 0.618. The van der Waals surface area contributed by atoms with E-state index in [-0.39, 0.29) is 6.10 Å². The fraction of sp³-hybridized carbons (Fsp3) is 0.318.